The zero-order chi connectivity index (χ0) is 13.5. The van der Waals surface area contributed by atoms with Gasteiger partial charge in [0.2, 0.25) is 5.60 Å². The van der Waals surface area contributed by atoms with E-state index in [1.54, 1.807) is 0 Å². The number of epoxide rings is 1. The number of carbonyl (C=O) groups is 1. The van der Waals surface area contributed by atoms with Crippen LogP contribution in [0.1, 0.15) is 43.2 Å². The molecule has 1 saturated carbocycles. The number of aryl methyl sites for hydroxylation is 1. The Kier molecular flexibility index (Phi) is 2.90. The Morgan fingerprint density at radius 1 is 1.16 bits per heavy atom. The molecule has 2 fully saturated rings. The Balaban J connectivity index is 2.00. The van der Waals surface area contributed by atoms with Crippen molar-refractivity contribution in [3.05, 3.63) is 35.4 Å². The predicted molar refractivity (Wildman–Crippen MR) is 71.8 cm³/mol. The zero-order valence-corrected chi connectivity index (χ0v) is 11.6. The SMILES string of the molecule is COC(=O)C1(c2ccc(C)cc2)OC12CCCCC2. The molecule has 1 aliphatic carbocycles. The molecule has 0 bridgehead atoms. The molecule has 3 nitrogen and oxygen atoms in total. The van der Waals surface area contributed by atoms with E-state index in [4.69, 9.17) is 9.47 Å². The molecule has 0 aromatic heterocycles. The molecule has 1 atom stereocenters. The summed E-state index contributed by atoms with van der Waals surface area (Å²) in [6, 6.07) is 8.04. The Labute approximate surface area is 113 Å². The van der Waals surface area contributed by atoms with Crippen molar-refractivity contribution in [1.82, 2.24) is 0 Å². The third kappa shape index (κ3) is 1.71. The molecule has 1 aromatic carbocycles. The molecule has 1 unspecified atom stereocenters. The number of hydrogen-bond acceptors (Lipinski definition) is 3. The Hall–Kier alpha value is -1.35. The second-order valence-electron chi connectivity index (χ2n) is 5.70. The lowest BCUT2D eigenvalue weighted by Gasteiger charge is -2.22. The standard InChI is InChI=1S/C16H20O3/c1-12-6-8-13(9-7-12)16(14(17)18-2)15(19-16)10-4-3-5-11-15/h6-9H,3-5,10-11H2,1-2H3. The highest BCUT2D eigenvalue weighted by atomic mass is 16.7. The molecule has 0 radical (unpaired) electrons. The molecule has 0 amide bonds. The Morgan fingerprint density at radius 2 is 1.79 bits per heavy atom. The van der Waals surface area contributed by atoms with Gasteiger partial charge in [-0.05, 0) is 25.3 Å². The molecule has 19 heavy (non-hydrogen) atoms. The summed E-state index contributed by atoms with van der Waals surface area (Å²) in [5.74, 6) is -0.252. The molecule has 1 heterocycles. The minimum absolute atomic E-state index is 0.252. The van der Waals surface area contributed by atoms with E-state index < -0.39 is 5.60 Å². The van der Waals surface area contributed by atoms with Crippen LogP contribution in [0.15, 0.2) is 24.3 Å². The van der Waals surface area contributed by atoms with E-state index in [2.05, 4.69) is 0 Å². The fourth-order valence-corrected chi connectivity index (χ4v) is 3.44. The largest absolute Gasteiger partial charge is 0.467 e. The average molecular weight is 260 g/mol. The van der Waals surface area contributed by atoms with Crippen LogP contribution in [0.25, 0.3) is 0 Å². The summed E-state index contributed by atoms with van der Waals surface area (Å²) in [5.41, 5.74) is 0.956. The molecular formula is C16H20O3. The van der Waals surface area contributed by atoms with Crippen LogP contribution in [0, 0.1) is 6.92 Å². The number of methoxy groups -OCH3 is 1. The molecule has 0 N–H and O–H groups in total. The lowest BCUT2D eigenvalue weighted by Crippen LogP contribution is -2.34. The highest BCUT2D eigenvalue weighted by molar-refractivity contribution is 5.86. The molecule has 2 aliphatic rings. The molecule has 1 aromatic rings. The monoisotopic (exact) mass is 260 g/mol. The van der Waals surface area contributed by atoms with E-state index in [9.17, 15) is 4.79 Å². The summed E-state index contributed by atoms with van der Waals surface area (Å²) in [6.45, 7) is 2.04. The highest BCUT2D eigenvalue weighted by Crippen LogP contribution is 2.63. The maximum Gasteiger partial charge on any atom is 0.345 e. The van der Waals surface area contributed by atoms with Gasteiger partial charge in [0.15, 0.2) is 0 Å². The van der Waals surface area contributed by atoms with E-state index in [0.717, 1.165) is 31.2 Å². The topological polar surface area (TPSA) is 38.8 Å². The molecule has 3 heteroatoms. The van der Waals surface area contributed by atoms with Crippen molar-refractivity contribution in [2.24, 2.45) is 0 Å². The molecule has 3 rings (SSSR count). The van der Waals surface area contributed by atoms with Crippen molar-refractivity contribution >= 4 is 5.97 Å². The van der Waals surface area contributed by atoms with Gasteiger partial charge in [-0.3, -0.25) is 0 Å². The van der Waals surface area contributed by atoms with E-state index in [1.165, 1.54) is 19.1 Å². The zero-order valence-electron chi connectivity index (χ0n) is 11.6. The van der Waals surface area contributed by atoms with E-state index >= 15 is 0 Å². The maximum absolute atomic E-state index is 12.3. The number of ether oxygens (including phenoxy) is 2. The van der Waals surface area contributed by atoms with Crippen molar-refractivity contribution in [3.8, 4) is 0 Å². The van der Waals surface area contributed by atoms with Crippen LogP contribution in [0.3, 0.4) is 0 Å². The maximum atomic E-state index is 12.3. The van der Waals surface area contributed by atoms with Gasteiger partial charge < -0.3 is 9.47 Å². The summed E-state index contributed by atoms with van der Waals surface area (Å²) < 4.78 is 11.1. The minimum atomic E-state index is -0.851. The normalized spacial score (nSPS) is 28.1. The first-order valence-corrected chi connectivity index (χ1v) is 7.00. The van der Waals surface area contributed by atoms with Gasteiger partial charge in [-0.1, -0.05) is 49.1 Å². The lowest BCUT2D eigenvalue weighted by molar-refractivity contribution is -0.147. The molecule has 102 valence electrons. The molecular weight excluding hydrogens is 240 g/mol. The van der Waals surface area contributed by atoms with Gasteiger partial charge in [-0.25, -0.2) is 4.79 Å². The van der Waals surface area contributed by atoms with Crippen molar-refractivity contribution in [3.63, 3.8) is 0 Å². The lowest BCUT2D eigenvalue weighted by atomic mass is 9.76. The summed E-state index contributed by atoms with van der Waals surface area (Å²) >= 11 is 0. The fourth-order valence-electron chi connectivity index (χ4n) is 3.44. The Bertz CT molecular complexity index is 485. The van der Waals surface area contributed by atoms with E-state index in [0.29, 0.717) is 0 Å². The van der Waals surface area contributed by atoms with Gasteiger partial charge in [0, 0.05) is 0 Å². The van der Waals surface area contributed by atoms with Gasteiger partial charge in [-0.15, -0.1) is 0 Å². The van der Waals surface area contributed by atoms with E-state index in [1.807, 2.05) is 31.2 Å². The first kappa shape index (κ1) is 12.7. The summed E-state index contributed by atoms with van der Waals surface area (Å²) in [6.07, 6.45) is 5.40. The van der Waals surface area contributed by atoms with Gasteiger partial charge in [0.1, 0.15) is 5.60 Å². The summed E-state index contributed by atoms with van der Waals surface area (Å²) in [5, 5.41) is 0. The van der Waals surface area contributed by atoms with Crippen LogP contribution in [0.5, 0.6) is 0 Å². The molecule has 1 aliphatic heterocycles. The third-order valence-corrected chi connectivity index (χ3v) is 4.54. The number of hydrogen-bond donors (Lipinski definition) is 0. The number of rotatable bonds is 2. The quantitative estimate of drug-likeness (QED) is 0.606. The van der Waals surface area contributed by atoms with Crippen LogP contribution < -0.4 is 0 Å². The molecule has 1 spiro atoms. The first-order chi connectivity index (χ1) is 9.14. The van der Waals surface area contributed by atoms with Crippen molar-refractivity contribution in [1.29, 1.82) is 0 Å². The predicted octanol–water partition coefficient (Wildman–Crippen LogP) is 3.10. The van der Waals surface area contributed by atoms with Crippen molar-refractivity contribution in [2.75, 3.05) is 7.11 Å². The summed E-state index contributed by atoms with van der Waals surface area (Å²) in [4.78, 5) is 12.3. The number of benzene rings is 1. The average Bonchev–Trinajstić information content (AvgIpc) is 3.08. The van der Waals surface area contributed by atoms with E-state index in [-0.39, 0.29) is 11.6 Å². The summed E-state index contributed by atoms with van der Waals surface area (Å²) in [7, 11) is 1.44. The van der Waals surface area contributed by atoms with Crippen LogP contribution >= 0.6 is 0 Å². The minimum Gasteiger partial charge on any atom is -0.467 e. The first-order valence-electron chi connectivity index (χ1n) is 7.00. The second kappa shape index (κ2) is 4.34. The second-order valence-corrected chi connectivity index (χ2v) is 5.70. The number of carbonyl (C=O) groups excluding carboxylic acids is 1. The van der Waals surface area contributed by atoms with Gasteiger partial charge in [-0.2, -0.15) is 0 Å². The van der Waals surface area contributed by atoms with Crippen LogP contribution in [-0.4, -0.2) is 18.7 Å². The number of esters is 1. The molecule has 1 saturated heterocycles. The van der Waals surface area contributed by atoms with Gasteiger partial charge in [0.25, 0.3) is 0 Å². The third-order valence-electron chi connectivity index (χ3n) is 4.54. The van der Waals surface area contributed by atoms with Gasteiger partial charge >= 0.3 is 5.97 Å². The van der Waals surface area contributed by atoms with Crippen LogP contribution in [0.2, 0.25) is 0 Å². The highest BCUT2D eigenvalue weighted by Gasteiger charge is 2.75. The van der Waals surface area contributed by atoms with Crippen molar-refractivity contribution in [2.45, 2.75) is 50.2 Å². The van der Waals surface area contributed by atoms with Crippen LogP contribution in [-0.2, 0) is 19.9 Å². The van der Waals surface area contributed by atoms with Gasteiger partial charge in [0.05, 0.1) is 7.11 Å². The van der Waals surface area contributed by atoms with Crippen LogP contribution in [0.4, 0.5) is 0 Å². The van der Waals surface area contributed by atoms with Crippen molar-refractivity contribution < 1.29 is 14.3 Å². The Morgan fingerprint density at radius 3 is 2.37 bits per heavy atom. The fraction of sp³-hybridized carbons (Fsp3) is 0.562. The smallest absolute Gasteiger partial charge is 0.345 e.